The minimum atomic E-state index is -0.774. The number of ether oxygens (including phenoxy) is 5. The van der Waals surface area contributed by atoms with Crippen molar-refractivity contribution in [2.24, 2.45) is 4.99 Å². The molecule has 4 aromatic rings. The second-order valence-electron chi connectivity index (χ2n) is 9.88. The van der Waals surface area contributed by atoms with Crippen LogP contribution in [-0.2, 0) is 16.1 Å². The van der Waals surface area contributed by atoms with E-state index in [-0.39, 0.29) is 31.1 Å². The number of allylic oxidation sites excluding steroid dienone is 1. The Morgan fingerprint density at radius 1 is 1.14 bits per heavy atom. The fourth-order valence-electron chi connectivity index (χ4n) is 5.15. The van der Waals surface area contributed by atoms with Crippen LogP contribution < -0.4 is 33.8 Å². The van der Waals surface area contributed by atoms with Gasteiger partial charge in [0.25, 0.3) is 5.56 Å². The molecule has 10 nitrogen and oxygen atoms in total. The standard InChI is InChI=1S/C33H27N3O7S/c1-4-40-32(38)29-19(2)35-33-36(30(29)21-10-12-25-27(15-21)43-18-42-25)31(37)28(44-33)14-20-9-11-24(26(13-20)39-3)41-17-23-8-6-5-7-22(23)16-34/h5-15,30H,4,17-18H2,1-3H3/b28-14+/t30-/m0/s1. The van der Waals surface area contributed by atoms with Crippen molar-refractivity contribution in [2.45, 2.75) is 26.5 Å². The van der Waals surface area contributed by atoms with Gasteiger partial charge in [-0.15, -0.1) is 0 Å². The number of carbonyl (C=O) groups excluding carboxylic acids is 1. The number of fused-ring (bicyclic) bond motifs is 2. The number of aromatic nitrogens is 1. The molecule has 3 aromatic carbocycles. The molecule has 1 aromatic heterocycles. The van der Waals surface area contributed by atoms with Crippen LogP contribution in [-0.4, -0.2) is 31.0 Å². The maximum absolute atomic E-state index is 14.0. The number of hydrogen-bond donors (Lipinski definition) is 0. The molecule has 0 amide bonds. The van der Waals surface area contributed by atoms with Gasteiger partial charge in [-0.3, -0.25) is 9.36 Å². The minimum Gasteiger partial charge on any atom is -0.493 e. The van der Waals surface area contributed by atoms with E-state index in [0.29, 0.717) is 54.7 Å². The van der Waals surface area contributed by atoms with Gasteiger partial charge in [-0.05, 0) is 61.4 Å². The molecular formula is C33H27N3O7S. The van der Waals surface area contributed by atoms with Gasteiger partial charge in [-0.1, -0.05) is 41.7 Å². The summed E-state index contributed by atoms with van der Waals surface area (Å²) in [4.78, 5) is 32.2. The van der Waals surface area contributed by atoms with Crippen LogP contribution in [0.5, 0.6) is 23.0 Å². The molecule has 0 spiro atoms. The van der Waals surface area contributed by atoms with E-state index in [4.69, 9.17) is 23.7 Å². The predicted octanol–water partition coefficient (Wildman–Crippen LogP) is 3.99. The van der Waals surface area contributed by atoms with Crippen LogP contribution in [0, 0.1) is 11.3 Å². The number of carbonyl (C=O) groups is 1. The average Bonchev–Trinajstić information content (AvgIpc) is 3.63. The van der Waals surface area contributed by atoms with Gasteiger partial charge < -0.3 is 23.7 Å². The third-order valence-electron chi connectivity index (χ3n) is 7.24. The first-order valence-corrected chi connectivity index (χ1v) is 14.6. The first kappa shape index (κ1) is 28.8. The van der Waals surface area contributed by atoms with Crippen LogP contribution in [0.25, 0.3) is 6.08 Å². The van der Waals surface area contributed by atoms with Crippen LogP contribution in [0.4, 0.5) is 0 Å². The van der Waals surface area contributed by atoms with E-state index in [1.165, 1.54) is 23.0 Å². The molecule has 0 N–H and O–H groups in total. The average molecular weight is 610 g/mol. The Hall–Kier alpha value is -5.34. The van der Waals surface area contributed by atoms with Crippen LogP contribution in [0.3, 0.4) is 0 Å². The third kappa shape index (κ3) is 5.31. The lowest BCUT2D eigenvalue weighted by Gasteiger charge is -2.24. The van der Waals surface area contributed by atoms with Gasteiger partial charge in [0.2, 0.25) is 6.79 Å². The summed E-state index contributed by atoms with van der Waals surface area (Å²) >= 11 is 1.22. The smallest absolute Gasteiger partial charge is 0.338 e. The summed E-state index contributed by atoms with van der Waals surface area (Å²) in [5, 5.41) is 9.37. The number of esters is 1. The Morgan fingerprint density at radius 3 is 2.75 bits per heavy atom. The lowest BCUT2D eigenvalue weighted by atomic mass is 9.95. The van der Waals surface area contributed by atoms with E-state index in [1.807, 2.05) is 24.3 Å². The molecule has 44 heavy (non-hydrogen) atoms. The third-order valence-corrected chi connectivity index (χ3v) is 8.22. The fourth-order valence-corrected chi connectivity index (χ4v) is 6.19. The minimum absolute atomic E-state index is 0.0988. The van der Waals surface area contributed by atoms with Crippen LogP contribution in [0.15, 0.2) is 81.7 Å². The number of hydrogen-bond acceptors (Lipinski definition) is 10. The number of nitriles is 1. The molecule has 11 heteroatoms. The molecule has 0 saturated carbocycles. The van der Waals surface area contributed by atoms with Crippen molar-refractivity contribution < 1.29 is 28.5 Å². The van der Waals surface area contributed by atoms with E-state index in [2.05, 4.69) is 11.1 Å². The summed E-state index contributed by atoms with van der Waals surface area (Å²) in [7, 11) is 1.54. The first-order valence-electron chi connectivity index (χ1n) is 13.8. The SMILES string of the molecule is CCOC(=O)C1=C(C)N=c2s/c(=C/c3ccc(OCc4ccccc4C#N)c(OC)c3)c(=O)n2[C@H]1c1ccc2c(c1)OCO2. The molecule has 0 aliphatic carbocycles. The summed E-state index contributed by atoms with van der Waals surface area (Å²) in [6.45, 7) is 3.94. The molecule has 1 atom stereocenters. The summed E-state index contributed by atoms with van der Waals surface area (Å²) in [5.41, 5.74) is 3.12. The molecule has 0 fully saturated rings. The van der Waals surface area contributed by atoms with Gasteiger partial charge in [-0.2, -0.15) is 5.26 Å². The molecule has 0 saturated heterocycles. The zero-order chi connectivity index (χ0) is 30.8. The van der Waals surface area contributed by atoms with E-state index in [1.54, 1.807) is 56.3 Å². The number of benzene rings is 3. The predicted molar refractivity (Wildman–Crippen MR) is 161 cm³/mol. The van der Waals surface area contributed by atoms with Crippen LogP contribution in [0.1, 0.15) is 42.1 Å². The Balaban J connectivity index is 1.39. The highest BCUT2D eigenvalue weighted by atomic mass is 32.1. The molecule has 6 rings (SSSR count). The van der Waals surface area contributed by atoms with Gasteiger partial charge in [0.15, 0.2) is 27.8 Å². The number of nitrogens with zero attached hydrogens (tertiary/aromatic N) is 3. The van der Waals surface area contributed by atoms with Crippen molar-refractivity contribution in [1.29, 1.82) is 5.26 Å². The fraction of sp³-hybridized carbons (Fsp3) is 0.212. The Kier molecular flexibility index (Phi) is 7.91. The largest absolute Gasteiger partial charge is 0.493 e. The van der Waals surface area contributed by atoms with Gasteiger partial charge in [-0.25, -0.2) is 9.79 Å². The van der Waals surface area contributed by atoms with Crippen molar-refractivity contribution in [3.8, 4) is 29.1 Å². The van der Waals surface area contributed by atoms with E-state index in [9.17, 15) is 14.9 Å². The van der Waals surface area contributed by atoms with Gasteiger partial charge in [0, 0.05) is 5.56 Å². The quantitative estimate of drug-likeness (QED) is 0.275. The Labute approximate surface area is 256 Å². The van der Waals surface area contributed by atoms with E-state index in [0.717, 1.165) is 5.56 Å². The highest BCUT2D eigenvalue weighted by Gasteiger charge is 2.34. The number of thiazole rings is 1. The zero-order valence-electron chi connectivity index (χ0n) is 24.2. The molecule has 0 bridgehead atoms. The monoisotopic (exact) mass is 609 g/mol. The molecule has 2 aliphatic heterocycles. The first-order chi connectivity index (χ1) is 21.4. The molecule has 2 aliphatic rings. The second kappa shape index (κ2) is 12.1. The van der Waals surface area contributed by atoms with Crippen LogP contribution >= 0.6 is 11.3 Å². The summed E-state index contributed by atoms with van der Waals surface area (Å²) in [6.07, 6.45) is 1.75. The maximum Gasteiger partial charge on any atom is 0.338 e. The lowest BCUT2D eigenvalue weighted by Crippen LogP contribution is -2.39. The lowest BCUT2D eigenvalue weighted by molar-refractivity contribution is -0.139. The second-order valence-corrected chi connectivity index (χ2v) is 10.9. The molecule has 0 radical (unpaired) electrons. The summed E-state index contributed by atoms with van der Waals surface area (Å²) in [5.74, 6) is 1.56. The highest BCUT2D eigenvalue weighted by Crippen LogP contribution is 2.38. The molecule has 0 unspecified atom stereocenters. The van der Waals surface area contributed by atoms with Gasteiger partial charge in [0.1, 0.15) is 6.61 Å². The van der Waals surface area contributed by atoms with Crippen molar-refractivity contribution >= 4 is 23.4 Å². The topological polar surface area (TPSA) is 121 Å². The maximum atomic E-state index is 14.0. The molecular weight excluding hydrogens is 582 g/mol. The molecule has 222 valence electrons. The normalized spacial score (nSPS) is 15.3. The zero-order valence-corrected chi connectivity index (χ0v) is 25.0. The van der Waals surface area contributed by atoms with E-state index < -0.39 is 12.0 Å². The van der Waals surface area contributed by atoms with Crippen molar-refractivity contribution in [2.75, 3.05) is 20.5 Å². The van der Waals surface area contributed by atoms with Crippen molar-refractivity contribution in [3.05, 3.63) is 114 Å². The van der Waals surface area contributed by atoms with Crippen molar-refractivity contribution in [3.63, 3.8) is 0 Å². The van der Waals surface area contributed by atoms with Crippen molar-refractivity contribution in [1.82, 2.24) is 4.57 Å². The highest BCUT2D eigenvalue weighted by molar-refractivity contribution is 7.07. The Morgan fingerprint density at radius 2 is 1.95 bits per heavy atom. The van der Waals surface area contributed by atoms with Gasteiger partial charge in [0.05, 0.1) is 47.2 Å². The summed E-state index contributed by atoms with van der Waals surface area (Å²) in [6, 6.07) is 19.3. The molecule has 3 heterocycles. The number of methoxy groups -OCH3 is 1. The van der Waals surface area contributed by atoms with Gasteiger partial charge >= 0.3 is 5.97 Å². The van der Waals surface area contributed by atoms with Crippen LogP contribution in [0.2, 0.25) is 0 Å². The summed E-state index contributed by atoms with van der Waals surface area (Å²) < 4.78 is 29.9. The Bertz CT molecular complexity index is 2040. The van der Waals surface area contributed by atoms with E-state index >= 15 is 0 Å². The number of rotatable bonds is 8.